The highest BCUT2D eigenvalue weighted by Crippen LogP contribution is 2.19. The molecule has 6 heteroatoms. The Balaban J connectivity index is 0.000000217. The number of hydrogen-bond donors (Lipinski definition) is 2. The molecule has 0 bridgehead atoms. The average molecular weight is 322 g/mol. The predicted octanol–water partition coefficient (Wildman–Crippen LogP) is 2.37. The number of hydrogen-bond acceptors (Lipinski definition) is 4. The lowest BCUT2D eigenvalue weighted by atomic mass is 10.3. The van der Waals surface area contributed by atoms with Crippen LogP contribution in [-0.4, -0.2) is 50.7 Å². The molecule has 1 fully saturated rings. The SMILES string of the molecule is Clc1ccccc1Cl.OCCOCC1CCNCCO1. The Morgan fingerprint density at radius 1 is 1.25 bits per heavy atom. The van der Waals surface area contributed by atoms with Crippen molar-refractivity contribution in [2.45, 2.75) is 12.5 Å². The number of benzene rings is 1. The number of ether oxygens (including phenoxy) is 2. The maximum Gasteiger partial charge on any atom is 0.0821 e. The van der Waals surface area contributed by atoms with Gasteiger partial charge in [-0.15, -0.1) is 0 Å². The molecule has 114 valence electrons. The predicted molar refractivity (Wildman–Crippen MR) is 81.6 cm³/mol. The van der Waals surface area contributed by atoms with E-state index in [9.17, 15) is 0 Å². The van der Waals surface area contributed by atoms with Gasteiger partial charge < -0.3 is 19.9 Å². The Labute approximate surface area is 130 Å². The Hall–Kier alpha value is -0.360. The molecule has 1 aromatic carbocycles. The molecule has 20 heavy (non-hydrogen) atoms. The van der Waals surface area contributed by atoms with Gasteiger partial charge in [0.1, 0.15) is 0 Å². The van der Waals surface area contributed by atoms with Crippen LogP contribution in [0.5, 0.6) is 0 Å². The van der Waals surface area contributed by atoms with Gasteiger partial charge in [-0.25, -0.2) is 0 Å². The van der Waals surface area contributed by atoms with Gasteiger partial charge in [-0.3, -0.25) is 0 Å². The molecule has 0 radical (unpaired) electrons. The first-order valence-electron chi connectivity index (χ1n) is 6.65. The Bertz CT molecular complexity index is 337. The second kappa shape index (κ2) is 11.3. The zero-order valence-corrected chi connectivity index (χ0v) is 12.9. The van der Waals surface area contributed by atoms with Crippen molar-refractivity contribution in [3.8, 4) is 0 Å². The van der Waals surface area contributed by atoms with Crippen molar-refractivity contribution in [2.24, 2.45) is 0 Å². The van der Waals surface area contributed by atoms with Gasteiger partial charge in [0.2, 0.25) is 0 Å². The zero-order chi connectivity index (χ0) is 14.6. The normalized spacial score (nSPS) is 18.9. The molecule has 1 heterocycles. The Kier molecular flexibility index (Phi) is 10.0. The molecular weight excluding hydrogens is 301 g/mol. The van der Waals surface area contributed by atoms with Gasteiger partial charge in [0.25, 0.3) is 0 Å². The smallest absolute Gasteiger partial charge is 0.0821 e. The van der Waals surface area contributed by atoms with Crippen molar-refractivity contribution in [2.75, 3.05) is 39.5 Å². The molecule has 1 saturated heterocycles. The highest BCUT2D eigenvalue weighted by atomic mass is 35.5. The van der Waals surface area contributed by atoms with E-state index in [-0.39, 0.29) is 12.7 Å². The lowest BCUT2D eigenvalue weighted by Crippen LogP contribution is -2.21. The molecule has 0 saturated carbocycles. The maximum absolute atomic E-state index is 8.47. The molecule has 1 atom stereocenters. The fourth-order valence-corrected chi connectivity index (χ4v) is 1.89. The van der Waals surface area contributed by atoms with Crippen LogP contribution in [0.25, 0.3) is 0 Å². The summed E-state index contributed by atoms with van der Waals surface area (Å²) in [5.74, 6) is 0. The molecule has 0 amide bonds. The summed E-state index contributed by atoms with van der Waals surface area (Å²) in [7, 11) is 0. The summed E-state index contributed by atoms with van der Waals surface area (Å²) >= 11 is 11.2. The number of halogens is 2. The van der Waals surface area contributed by atoms with Crippen LogP contribution in [0.1, 0.15) is 6.42 Å². The maximum atomic E-state index is 8.47. The highest BCUT2D eigenvalue weighted by molar-refractivity contribution is 6.41. The summed E-state index contributed by atoms with van der Waals surface area (Å²) in [6.45, 7) is 3.78. The van der Waals surface area contributed by atoms with E-state index in [1.807, 2.05) is 12.1 Å². The van der Waals surface area contributed by atoms with Crippen LogP contribution >= 0.6 is 23.2 Å². The van der Waals surface area contributed by atoms with Gasteiger partial charge >= 0.3 is 0 Å². The topological polar surface area (TPSA) is 50.7 Å². The lowest BCUT2D eigenvalue weighted by Gasteiger charge is -2.13. The molecule has 0 aliphatic carbocycles. The summed E-state index contributed by atoms with van der Waals surface area (Å²) < 4.78 is 10.7. The van der Waals surface area contributed by atoms with Crippen LogP contribution < -0.4 is 5.32 Å². The lowest BCUT2D eigenvalue weighted by molar-refractivity contribution is -0.0178. The van der Waals surface area contributed by atoms with E-state index >= 15 is 0 Å². The second-order valence-electron chi connectivity index (χ2n) is 4.24. The van der Waals surface area contributed by atoms with Gasteiger partial charge in [-0.1, -0.05) is 35.3 Å². The average Bonchev–Trinajstić information content (AvgIpc) is 2.72. The standard InChI is InChI=1S/C8H17NO3.C6H4Cl2/c10-4-6-11-7-8-1-2-9-3-5-12-8;7-5-3-1-2-4-6(5)8/h8-10H,1-7H2;1-4H. The van der Waals surface area contributed by atoms with Crippen LogP contribution in [0, 0.1) is 0 Å². The molecule has 0 spiro atoms. The van der Waals surface area contributed by atoms with Crippen LogP contribution in [0.2, 0.25) is 10.0 Å². The summed E-state index contributed by atoms with van der Waals surface area (Å²) in [6, 6.07) is 7.19. The van der Waals surface area contributed by atoms with E-state index in [4.69, 9.17) is 37.8 Å². The van der Waals surface area contributed by atoms with Gasteiger partial charge in [-0.2, -0.15) is 0 Å². The fourth-order valence-electron chi connectivity index (χ4n) is 1.62. The molecule has 1 aliphatic rings. The minimum absolute atomic E-state index is 0.0883. The molecule has 1 aromatic rings. The van der Waals surface area contributed by atoms with Crippen LogP contribution in [0.15, 0.2) is 24.3 Å². The first-order valence-corrected chi connectivity index (χ1v) is 7.40. The summed E-state index contributed by atoms with van der Waals surface area (Å²) in [5.41, 5.74) is 0. The van der Waals surface area contributed by atoms with Gasteiger partial charge in [-0.05, 0) is 25.1 Å². The summed E-state index contributed by atoms with van der Waals surface area (Å²) in [4.78, 5) is 0. The fraction of sp³-hybridized carbons (Fsp3) is 0.571. The first-order chi connectivity index (χ1) is 9.74. The van der Waals surface area contributed by atoms with Crippen molar-refractivity contribution in [3.05, 3.63) is 34.3 Å². The summed E-state index contributed by atoms with van der Waals surface area (Å²) in [5, 5.41) is 12.9. The first kappa shape index (κ1) is 17.7. The monoisotopic (exact) mass is 321 g/mol. The quantitative estimate of drug-likeness (QED) is 0.836. The second-order valence-corrected chi connectivity index (χ2v) is 5.06. The third-order valence-corrected chi connectivity index (χ3v) is 3.40. The van der Waals surface area contributed by atoms with Gasteiger partial charge in [0.15, 0.2) is 0 Å². The molecule has 4 nitrogen and oxygen atoms in total. The van der Waals surface area contributed by atoms with Gasteiger partial charge in [0, 0.05) is 6.54 Å². The van der Waals surface area contributed by atoms with E-state index in [2.05, 4.69) is 5.32 Å². The largest absolute Gasteiger partial charge is 0.394 e. The van der Waals surface area contributed by atoms with E-state index in [0.29, 0.717) is 23.3 Å². The van der Waals surface area contributed by atoms with Crippen molar-refractivity contribution >= 4 is 23.2 Å². The van der Waals surface area contributed by atoms with Crippen LogP contribution in [-0.2, 0) is 9.47 Å². The Morgan fingerprint density at radius 3 is 2.55 bits per heavy atom. The molecule has 1 aliphatic heterocycles. The molecule has 1 unspecified atom stereocenters. The van der Waals surface area contributed by atoms with Crippen molar-refractivity contribution in [3.63, 3.8) is 0 Å². The van der Waals surface area contributed by atoms with Crippen molar-refractivity contribution in [1.82, 2.24) is 5.32 Å². The highest BCUT2D eigenvalue weighted by Gasteiger charge is 2.11. The number of nitrogens with one attached hydrogen (secondary N) is 1. The summed E-state index contributed by atoms with van der Waals surface area (Å²) in [6.07, 6.45) is 1.19. The minimum Gasteiger partial charge on any atom is -0.394 e. The third kappa shape index (κ3) is 8.04. The molecule has 0 aromatic heterocycles. The Morgan fingerprint density at radius 2 is 1.95 bits per heavy atom. The van der Waals surface area contributed by atoms with E-state index in [0.717, 1.165) is 26.1 Å². The van der Waals surface area contributed by atoms with E-state index in [1.165, 1.54) is 0 Å². The van der Waals surface area contributed by atoms with Gasteiger partial charge in [0.05, 0.1) is 42.6 Å². The minimum atomic E-state index is 0.0883. The van der Waals surface area contributed by atoms with Crippen LogP contribution in [0.4, 0.5) is 0 Å². The molecule has 2 rings (SSSR count). The number of rotatable bonds is 4. The van der Waals surface area contributed by atoms with Crippen molar-refractivity contribution in [1.29, 1.82) is 0 Å². The van der Waals surface area contributed by atoms with E-state index in [1.54, 1.807) is 12.1 Å². The van der Waals surface area contributed by atoms with E-state index < -0.39 is 0 Å². The van der Waals surface area contributed by atoms with Crippen LogP contribution in [0.3, 0.4) is 0 Å². The molecule has 2 N–H and O–H groups in total. The number of aliphatic hydroxyl groups is 1. The third-order valence-electron chi connectivity index (χ3n) is 2.64. The zero-order valence-electron chi connectivity index (χ0n) is 11.4. The number of aliphatic hydroxyl groups excluding tert-OH is 1. The van der Waals surface area contributed by atoms with Crippen molar-refractivity contribution < 1.29 is 14.6 Å². The molecular formula is C14H21Cl2NO3.